The molecule has 0 aliphatic carbocycles. The summed E-state index contributed by atoms with van der Waals surface area (Å²) in [4.78, 5) is 11.9. The molecule has 2 rings (SSSR count). The molecule has 0 radical (unpaired) electrons. The molecule has 0 saturated carbocycles. The zero-order valence-electron chi connectivity index (χ0n) is 10.3. The first-order chi connectivity index (χ1) is 8.06. The van der Waals surface area contributed by atoms with Crippen LogP contribution in [0.4, 0.5) is 0 Å². The fraction of sp³-hybridized carbons (Fsp3) is 0.357. The number of ketones is 1. The molecule has 1 heterocycles. The number of fused-ring (bicyclic) bond motifs is 1. The third-order valence-electron chi connectivity index (χ3n) is 2.49. The summed E-state index contributed by atoms with van der Waals surface area (Å²) in [6.07, 6.45) is 0. The predicted molar refractivity (Wildman–Crippen MR) is 72.9 cm³/mol. The van der Waals surface area contributed by atoms with Crippen molar-refractivity contribution < 1.29 is 9.21 Å². The molecule has 0 unspecified atom stereocenters. The summed E-state index contributed by atoms with van der Waals surface area (Å²) in [7, 11) is 0. The van der Waals surface area contributed by atoms with Crippen LogP contribution >= 0.6 is 11.8 Å². The van der Waals surface area contributed by atoms with Crippen LogP contribution in [0.2, 0.25) is 0 Å². The highest BCUT2D eigenvalue weighted by Gasteiger charge is 2.12. The fourth-order valence-electron chi connectivity index (χ4n) is 1.61. The van der Waals surface area contributed by atoms with Crippen molar-refractivity contribution in [2.45, 2.75) is 26.0 Å². The molecule has 0 aliphatic heterocycles. The number of furan rings is 1. The Labute approximate surface area is 105 Å². The van der Waals surface area contributed by atoms with E-state index in [1.807, 2.05) is 31.2 Å². The third-order valence-corrected chi connectivity index (χ3v) is 3.59. The van der Waals surface area contributed by atoms with E-state index in [4.69, 9.17) is 4.42 Å². The van der Waals surface area contributed by atoms with Gasteiger partial charge in [0.2, 0.25) is 5.78 Å². The molecule has 0 bridgehead atoms. The van der Waals surface area contributed by atoms with Gasteiger partial charge in [0.1, 0.15) is 5.58 Å². The van der Waals surface area contributed by atoms with E-state index in [2.05, 4.69) is 13.8 Å². The van der Waals surface area contributed by atoms with Crippen molar-refractivity contribution in [3.8, 4) is 0 Å². The molecule has 0 atom stereocenters. The lowest BCUT2D eigenvalue weighted by atomic mass is 10.2. The van der Waals surface area contributed by atoms with Crippen LogP contribution in [0.5, 0.6) is 0 Å². The summed E-state index contributed by atoms with van der Waals surface area (Å²) < 4.78 is 5.55. The number of benzene rings is 1. The molecule has 90 valence electrons. The van der Waals surface area contributed by atoms with Gasteiger partial charge >= 0.3 is 0 Å². The molecule has 17 heavy (non-hydrogen) atoms. The van der Waals surface area contributed by atoms with Crippen LogP contribution in [0.25, 0.3) is 11.0 Å². The number of Topliss-reactive ketones (excluding diaryl/α,β-unsaturated/α-hetero) is 1. The number of hydrogen-bond donors (Lipinski definition) is 0. The molecule has 0 spiro atoms. The molecule has 0 amide bonds. The quantitative estimate of drug-likeness (QED) is 0.764. The summed E-state index contributed by atoms with van der Waals surface area (Å²) in [5.41, 5.74) is 1.96. The number of carbonyl (C=O) groups excluding carboxylic acids is 1. The SMILES string of the molecule is Cc1ccc2oc(C(=O)CSC(C)C)cc2c1. The molecule has 0 N–H and O–H groups in total. The highest BCUT2D eigenvalue weighted by atomic mass is 32.2. The van der Waals surface area contributed by atoms with Gasteiger partial charge in [0.15, 0.2) is 5.76 Å². The smallest absolute Gasteiger partial charge is 0.207 e. The van der Waals surface area contributed by atoms with Crippen LogP contribution in [0.3, 0.4) is 0 Å². The van der Waals surface area contributed by atoms with E-state index < -0.39 is 0 Å². The maximum absolute atomic E-state index is 11.9. The predicted octanol–water partition coefficient (Wildman–Crippen LogP) is 4.07. The normalized spacial score (nSPS) is 11.3. The van der Waals surface area contributed by atoms with E-state index in [-0.39, 0.29) is 5.78 Å². The Kier molecular flexibility index (Phi) is 3.57. The minimum Gasteiger partial charge on any atom is -0.453 e. The molecule has 2 aromatic rings. The molecule has 1 aromatic heterocycles. The summed E-state index contributed by atoms with van der Waals surface area (Å²) in [6.45, 7) is 6.20. The lowest BCUT2D eigenvalue weighted by Crippen LogP contribution is -2.03. The molecule has 2 nitrogen and oxygen atoms in total. The average Bonchev–Trinajstić information content (AvgIpc) is 2.68. The van der Waals surface area contributed by atoms with Crippen molar-refractivity contribution in [3.63, 3.8) is 0 Å². The van der Waals surface area contributed by atoms with Gasteiger partial charge < -0.3 is 4.42 Å². The Balaban J connectivity index is 2.21. The number of carbonyl (C=O) groups is 1. The Bertz CT molecular complexity index is 540. The van der Waals surface area contributed by atoms with Gasteiger partial charge in [-0.3, -0.25) is 4.79 Å². The average molecular weight is 248 g/mol. The minimum absolute atomic E-state index is 0.0672. The van der Waals surface area contributed by atoms with E-state index in [0.29, 0.717) is 16.8 Å². The summed E-state index contributed by atoms with van der Waals surface area (Å²) in [5, 5.41) is 1.47. The van der Waals surface area contributed by atoms with E-state index in [0.717, 1.165) is 11.0 Å². The summed E-state index contributed by atoms with van der Waals surface area (Å²) in [6, 6.07) is 7.77. The Morgan fingerprint density at radius 2 is 2.12 bits per heavy atom. The third kappa shape index (κ3) is 2.91. The van der Waals surface area contributed by atoms with E-state index >= 15 is 0 Å². The van der Waals surface area contributed by atoms with Crippen molar-refractivity contribution in [2.75, 3.05) is 5.75 Å². The van der Waals surface area contributed by atoms with Gasteiger partial charge in [-0.05, 0) is 30.4 Å². The second-order valence-electron chi connectivity index (χ2n) is 4.43. The number of rotatable bonds is 4. The molecule has 0 saturated heterocycles. The van der Waals surface area contributed by atoms with Gasteiger partial charge in [-0.1, -0.05) is 25.5 Å². The molecule has 0 aliphatic rings. The molecule has 1 aromatic carbocycles. The van der Waals surface area contributed by atoms with Crippen LogP contribution in [0.1, 0.15) is 30.0 Å². The van der Waals surface area contributed by atoms with E-state index in [1.165, 1.54) is 5.56 Å². The highest BCUT2D eigenvalue weighted by Crippen LogP contribution is 2.22. The Morgan fingerprint density at radius 1 is 1.35 bits per heavy atom. The fourth-order valence-corrected chi connectivity index (χ4v) is 2.24. The van der Waals surface area contributed by atoms with Crippen LogP contribution in [-0.4, -0.2) is 16.8 Å². The molecule has 3 heteroatoms. The van der Waals surface area contributed by atoms with Crippen LogP contribution < -0.4 is 0 Å². The standard InChI is InChI=1S/C14H16O2S/c1-9(2)17-8-12(15)14-7-11-6-10(3)4-5-13(11)16-14/h4-7,9H,8H2,1-3H3. The van der Waals surface area contributed by atoms with Gasteiger partial charge in [0, 0.05) is 5.39 Å². The van der Waals surface area contributed by atoms with Gasteiger partial charge in [-0.2, -0.15) is 11.8 Å². The number of thioether (sulfide) groups is 1. The van der Waals surface area contributed by atoms with Gasteiger partial charge in [-0.25, -0.2) is 0 Å². The first kappa shape index (κ1) is 12.2. The minimum atomic E-state index is 0.0672. The lowest BCUT2D eigenvalue weighted by molar-refractivity contribution is 0.0994. The second kappa shape index (κ2) is 4.96. The van der Waals surface area contributed by atoms with Gasteiger partial charge in [-0.15, -0.1) is 0 Å². The molecular weight excluding hydrogens is 232 g/mol. The largest absolute Gasteiger partial charge is 0.453 e. The monoisotopic (exact) mass is 248 g/mol. The molecular formula is C14H16O2S. The van der Waals surface area contributed by atoms with Crippen molar-refractivity contribution in [1.29, 1.82) is 0 Å². The number of hydrogen-bond acceptors (Lipinski definition) is 3. The van der Waals surface area contributed by atoms with E-state index in [9.17, 15) is 4.79 Å². The highest BCUT2D eigenvalue weighted by molar-refractivity contribution is 8.00. The van der Waals surface area contributed by atoms with Crippen LogP contribution in [0.15, 0.2) is 28.7 Å². The van der Waals surface area contributed by atoms with Gasteiger partial charge in [0.25, 0.3) is 0 Å². The maximum Gasteiger partial charge on any atom is 0.207 e. The van der Waals surface area contributed by atoms with Crippen LogP contribution in [-0.2, 0) is 0 Å². The van der Waals surface area contributed by atoms with Crippen molar-refractivity contribution >= 4 is 28.5 Å². The van der Waals surface area contributed by atoms with E-state index in [1.54, 1.807) is 11.8 Å². The Morgan fingerprint density at radius 3 is 2.82 bits per heavy atom. The Hall–Kier alpha value is -1.22. The van der Waals surface area contributed by atoms with Crippen molar-refractivity contribution in [2.24, 2.45) is 0 Å². The topological polar surface area (TPSA) is 30.2 Å². The van der Waals surface area contributed by atoms with Crippen LogP contribution in [0, 0.1) is 6.92 Å². The summed E-state index contributed by atoms with van der Waals surface area (Å²) in [5.74, 6) is 1.02. The van der Waals surface area contributed by atoms with Gasteiger partial charge in [0.05, 0.1) is 5.75 Å². The first-order valence-electron chi connectivity index (χ1n) is 5.71. The molecule has 0 fully saturated rings. The lowest BCUT2D eigenvalue weighted by Gasteiger charge is -2.01. The number of aryl methyl sites for hydroxylation is 1. The first-order valence-corrected chi connectivity index (χ1v) is 6.76. The zero-order valence-corrected chi connectivity index (χ0v) is 11.1. The maximum atomic E-state index is 11.9. The summed E-state index contributed by atoms with van der Waals surface area (Å²) >= 11 is 1.64. The van der Waals surface area contributed by atoms with Crippen molar-refractivity contribution in [3.05, 3.63) is 35.6 Å². The second-order valence-corrected chi connectivity index (χ2v) is 6.00. The zero-order chi connectivity index (χ0) is 12.4. The van der Waals surface area contributed by atoms with Crippen molar-refractivity contribution in [1.82, 2.24) is 0 Å².